The maximum Gasteiger partial charge on any atom is 0.251 e. The molecule has 0 aliphatic heterocycles. The molecule has 0 aliphatic rings. The number of amides is 2. The minimum Gasteiger partial charge on any atom is -0.355 e. The van der Waals surface area contributed by atoms with Crippen molar-refractivity contribution in [3.8, 4) is 0 Å². The molecule has 0 unspecified atom stereocenters. The first-order chi connectivity index (χ1) is 7.54. The van der Waals surface area contributed by atoms with Gasteiger partial charge in [0.2, 0.25) is 5.91 Å². The molecule has 6 heteroatoms. The minimum atomic E-state index is -0.580. The lowest BCUT2D eigenvalue weighted by atomic mass is 10.2. The summed E-state index contributed by atoms with van der Waals surface area (Å²) in [6, 6.07) is 6.08. The van der Waals surface area contributed by atoms with Gasteiger partial charge in [-0.2, -0.15) is 0 Å². The fourth-order valence-corrected chi connectivity index (χ4v) is 1.14. The summed E-state index contributed by atoms with van der Waals surface area (Å²) in [5, 5.41) is 5.13. The van der Waals surface area contributed by atoms with Crippen LogP contribution in [-0.4, -0.2) is 24.9 Å². The lowest BCUT2D eigenvalue weighted by Crippen LogP contribution is -2.32. The largest absolute Gasteiger partial charge is 0.355 e. The summed E-state index contributed by atoms with van der Waals surface area (Å²) in [5.41, 5.74) is 6.47. The molecule has 0 aromatic heterocycles. The van der Waals surface area contributed by atoms with Crippen molar-refractivity contribution in [3.05, 3.63) is 29.8 Å². The van der Waals surface area contributed by atoms with E-state index >= 15 is 0 Å². The highest BCUT2D eigenvalue weighted by Gasteiger charge is 2.09. The number of nitrogens with two attached hydrogens (primary N) is 1. The molecular weight excluding hydrogens is 242 g/mol. The monoisotopic (exact) mass is 257 g/mol. The Kier molecular flexibility index (Phi) is 6.23. The van der Waals surface area contributed by atoms with E-state index in [0.717, 1.165) is 0 Å². The molecule has 17 heavy (non-hydrogen) atoms. The predicted molar refractivity (Wildman–Crippen MR) is 69.4 cm³/mol. The van der Waals surface area contributed by atoms with Gasteiger partial charge in [-0.3, -0.25) is 9.59 Å². The van der Waals surface area contributed by atoms with Crippen LogP contribution < -0.4 is 16.4 Å². The molecular formula is C11H16ClN3O2. The van der Waals surface area contributed by atoms with Crippen LogP contribution in [0.1, 0.15) is 17.3 Å². The van der Waals surface area contributed by atoms with E-state index in [1.54, 1.807) is 38.2 Å². The summed E-state index contributed by atoms with van der Waals surface area (Å²) in [5.74, 6) is -0.481. The minimum absolute atomic E-state index is 0. The second kappa shape index (κ2) is 6.88. The number of hydrogen-bond acceptors (Lipinski definition) is 3. The highest BCUT2D eigenvalue weighted by Crippen LogP contribution is 2.10. The molecule has 94 valence electrons. The summed E-state index contributed by atoms with van der Waals surface area (Å²) in [6.45, 7) is 1.60. The normalized spacial score (nSPS) is 11.0. The van der Waals surface area contributed by atoms with Crippen molar-refractivity contribution in [1.29, 1.82) is 0 Å². The second-order valence-corrected chi connectivity index (χ2v) is 3.44. The molecule has 0 spiro atoms. The van der Waals surface area contributed by atoms with Crippen molar-refractivity contribution in [2.45, 2.75) is 13.0 Å². The Morgan fingerprint density at radius 2 is 2.00 bits per heavy atom. The average molecular weight is 258 g/mol. The van der Waals surface area contributed by atoms with Crippen LogP contribution in [0.25, 0.3) is 0 Å². The molecule has 0 heterocycles. The maximum atomic E-state index is 11.3. The zero-order valence-electron chi connectivity index (χ0n) is 9.69. The summed E-state index contributed by atoms with van der Waals surface area (Å²) < 4.78 is 0. The van der Waals surface area contributed by atoms with Crippen LogP contribution in [0.15, 0.2) is 24.3 Å². The maximum absolute atomic E-state index is 11.3. The van der Waals surface area contributed by atoms with Gasteiger partial charge in [-0.1, -0.05) is 6.07 Å². The van der Waals surface area contributed by atoms with Gasteiger partial charge in [0.1, 0.15) is 0 Å². The summed E-state index contributed by atoms with van der Waals surface area (Å²) >= 11 is 0. The Labute approximate surface area is 106 Å². The number of benzene rings is 1. The summed E-state index contributed by atoms with van der Waals surface area (Å²) in [6.07, 6.45) is 0. The molecule has 4 N–H and O–H groups in total. The van der Waals surface area contributed by atoms with Gasteiger partial charge in [0.25, 0.3) is 5.91 Å². The summed E-state index contributed by atoms with van der Waals surface area (Å²) in [7, 11) is 1.55. The van der Waals surface area contributed by atoms with Gasteiger partial charge < -0.3 is 16.4 Å². The number of carbonyl (C=O) groups is 2. The fraction of sp³-hybridized carbons (Fsp3) is 0.273. The standard InChI is InChI=1S/C11H15N3O2.ClH/c1-7(12)10(15)14-9-5-3-4-8(6-9)11(16)13-2;/h3-7H,12H2,1-2H3,(H,13,16)(H,14,15);1H/t7-;/m1./s1. The van der Waals surface area contributed by atoms with Crippen LogP contribution in [0.3, 0.4) is 0 Å². The number of carbonyl (C=O) groups excluding carboxylic acids is 2. The molecule has 1 rings (SSSR count). The first-order valence-electron chi connectivity index (χ1n) is 4.93. The van der Waals surface area contributed by atoms with Gasteiger partial charge in [-0.05, 0) is 25.1 Å². The zero-order chi connectivity index (χ0) is 12.1. The second-order valence-electron chi connectivity index (χ2n) is 3.44. The first kappa shape index (κ1) is 15.4. The van der Waals surface area contributed by atoms with Crippen molar-refractivity contribution in [2.24, 2.45) is 5.73 Å². The van der Waals surface area contributed by atoms with Crippen molar-refractivity contribution >= 4 is 29.9 Å². The van der Waals surface area contributed by atoms with E-state index in [9.17, 15) is 9.59 Å². The molecule has 2 amide bonds. The van der Waals surface area contributed by atoms with Gasteiger partial charge in [-0.15, -0.1) is 12.4 Å². The molecule has 1 atom stereocenters. The van der Waals surface area contributed by atoms with Crippen molar-refractivity contribution in [1.82, 2.24) is 5.32 Å². The third-order valence-corrected chi connectivity index (χ3v) is 2.03. The Bertz CT molecular complexity index is 407. The lowest BCUT2D eigenvalue weighted by molar-refractivity contribution is -0.117. The highest BCUT2D eigenvalue weighted by molar-refractivity contribution is 5.98. The first-order valence-corrected chi connectivity index (χ1v) is 4.93. The molecule has 0 saturated heterocycles. The van der Waals surface area contributed by atoms with Crippen LogP contribution in [-0.2, 0) is 4.79 Å². The number of halogens is 1. The predicted octanol–water partition coefficient (Wildman–Crippen LogP) is 0.754. The Morgan fingerprint density at radius 3 is 2.53 bits per heavy atom. The Morgan fingerprint density at radius 1 is 1.35 bits per heavy atom. The van der Waals surface area contributed by atoms with Crippen molar-refractivity contribution in [3.63, 3.8) is 0 Å². The number of hydrogen-bond donors (Lipinski definition) is 3. The number of anilines is 1. The van der Waals surface area contributed by atoms with Crippen LogP contribution in [0.5, 0.6) is 0 Å². The third kappa shape index (κ3) is 4.42. The highest BCUT2D eigenvalue weighted by atomic mass is 35.5. The van der Waals surface area contributed by atoms with Crippen LogP contribution in [0.4, 0.5) is 5.69 Å². The van der Waals surface area contributed by atoms with E-state index in [2.05, 4.69) is 10.6 Å². The van der Waals surface area contributed by atoms with E-state index in [1.807, 2.05) is 0 Å². The van der Waals surface area contributed by atoms with Gasteiger partial charge in [0.15, 0.2) is 0 Å². The Hall–Kier alpha value is -1.59. The van der Waals surface area contributed by atoms with Gasteiger partial charge in [0.05, 0.1) is 6.04 Å². The zero-order valence-corrected chi connectivity index (χ0v) is 10.5. The average Bonchev–Trinajstić information content (AvgIpc) is 2.28. The summed E-state index contributed by atoms with van der Waals surface area (Å²) in [4.78, 5) is 22.7. The van der Waals surface area contributed by atoms with Gasteiger partial charge in [0, 0.05) is 18.3 Å². The van der Waals surface area contributed by atoms with E-state index < -0.39 is 6.04 Å². The van der Waals surface area contributed by atoms with Gasteiger partial charge in [-0.25, -0.2) is 0 Å². The molecule has 0 saturated carbocycles. The molecule has 0 radical (unpaired) electrons. The van der Waals surface area contributed by atoms with E-state index in [-0.39, 0.29) is 24.2 Å². The van der Waals surface area contributed by atoms with E-state index in [1.165, 1.54) is 0 Å². The Balaban J connectivity index is 0.00000256. The van der Waals surface area contributed by atoms with E-state index in [4.69, 9.17) is 5.73 Å². The SMILES string of the molecule is CNC(=O)c1cccc(NC(=O)[C@@H](C)N)c1.Cl. The molecule has 1 aromatic rings. The molecule has 1 aromatic carbocycles. The van der Waals surface area contributed by atoms with Gasteiger partial charge >= 0.3 is 0 Å². The van der Waals surface area contributed by atoms with E-state index in [0.29, 0.717) is 11.3 Å². The van der Waals surface area contributed by atoms with Crippen molar-refractivity contribution < 1.29 is 9.59 Å². The molecule has 5 nitrogen and oxygen atoms in total. The molecule has 0 bridgehead atoms. The number of rotatable bonds is 3. The molecule has 0 aliphatic carbocycles. The number of nitrogens with one attached hydrogen (secondary N) is 2. The smallest absolute Gasteiger partial charge is 0.251 e. The lowest BCUT2D eigenvalue weighted by Gasteiger charge is -2.08. The third-order valence-electron chi connectivity index (χ3n) is 2.03. The van der Waals surface area contributed by atoms with Crippen LogP contribution in [0, 0.1) is 0 Å². The van der Waals surface area contributed by atoms with Crippen molar-refractivity contribution in [2.75, 3.05) is 12.4 Å². The topological polar surface area (TPSA) is 84.2 Å². The quantitative estimate of drug-likeness (QED) is 0.747. The van der Waals surface area contributed by atoms with Crippen LogP contribution >= 0.6 is 12.4 Å². The molecule has 0 fully saturated rings. The van der Waals surface area contributed by atoms with Crippen LogP contribution in [0.2, 0.25) is 0 Å². The fourth-order valence-electron chi connectivity index (χ4n) is 1.14.